The topological polar surface area (TPSA) is 48.0 Å². The Morgan fingerprint density at radius 1 is 0.931 bits per heavy atom. The fourth-order valence-corrected chi connectivity index (χ4v) is 3.05. The van der Waals surface area contributed by atoms with Crippen molar-refractivity contribution in [3.8, 4) is 22.6 Å². The van der Waals surface area contributed by atoms with E-state index in [4.69, 9.17) is 14.2 Å². The smallest absolute Gasteiger partial charge is 0.497 e. The van der Waals surface area contributed by atoms with E-state index >= 15 is 0 Å². The Morgan fingerprint density at radius 3 is 2.45 bits per heavy atom. The molecule has 0 amide bonds. The van der Waals surface area contributed by atoms with Crippen molar-refractivity contribution in [2.75, 3.05) is 31.7 Å². The average molecular weight is 391 g/mol. The summed E-state index contributed by atoms with van der Waals surface area (Å²) in [4.78, 5) is 14.3. The molecule has 3 aromatic rings. The van der Waals surface area contributed by atoms with Gasteiger partial charge in [-0.15, -0.1) is 0 Å². The number of likely N-dealkylation sites (N-methyl/N-ethyl adjacent to an activating group) is 1. The number of carbonyl (C=O) groups is 1. The predicted octanol–water partition coefficient (Wildman–Crippen LogP) is 5.40. The van der Waals surface area contributed by atoms with Crippen molar-refractivity contribution in [2.24, 2.45) is 0 Å². The quantitative estimate of drug-likeness (QED) is 0.380. The molecule has 3 aromatic carbocycles. The van der Waals surface area contributed by atoms with Crippen LogP contribution in [-0.4, -0.2) is 33.0 Å². The monoisotopic (exact) mass is 391 g/mol. The number of rotatable bonds is 8. The second-order valence-corrected chi connectivity index (χ2v) is 6.34. The molecule has 0 atom stereocenters. The highest BCUT2D eigenvalue weighted by atomic mass is 16.7. The van der Waals surface area contributed by atoms with Crippen LogP contribution < -0.4 is 14.4 Å². The molecule has 0 saturated carbocycles. The van der Waals surface area contributed by atoms with Crippen LogP contribution in [0.2, 0.25) is 0 Å². The van der Waals surface area contributed by atoms with Crippen molar-refractivity contribution >= 4 is 11.8 Å². The van der Waals surface area contributed by atoms with Gasteiger partial charge in [-0.3, -0.25) is 0 Å². The van der Waals surface area contributed by atoms with Crippen LogP contribution in [0.5, 0.6) is 11.5 Å². The maximum absolute atomic E-state index is 12.2. The molecule has 0 aliphatic rings. The van der Waals surface area contributed by atoms with Crippen molar-refractivity contribution in [3.05, 3.63) is 78.9 Å². The second kappa shape index (κ2) is 10.2. The zero-order valence-electron chi connectivity index (χ0n) is 16.7. The molecular weight excluding hydrogens is 366 g/mol. The Balaban J connectivity index is 1.58. The Bertz CT molecular complexity index is 927. The van der Waals surface area contributed by atoms with E-state index in [1.807, 2.05) is 79.7 Å². The van der Waals surface area contributed by atoms with Crippen LogP contribution in [0.3, 0.4) is 0 Å². The minimum absolute atomic E-state index is 0.220. The van der Waals surface area contributed by atoms with Crippen LogP contribution in [0.25, 0.3) is 11.1 Å². The number of benzene rings is 3. The lowest BCUT2D eigenvalue weighted by Gasteiger charge is -2.23. The molecular formula is C24H25NO4. The maximum Gasteiger partial charge on any atom is 0.513 e. The maximum atomic E-state index is 12.2. The summed E-state index contributed by atoms with van der Waals surface area (Å²) in [6, 6.07) is 25.0. The third-order valence-electron chi connectivity index (χ3n) is 4.55. The first-order valence-corrected chi connectivity index (χ1v) is 9.59. The molecule has 29 heavy (non-hydrogen) atoms. The van der Waals surface area contributed by atoms with Gasteiger partial charge in [-0.25, -0.2) is 4.79 Å². The number of methoxy groups -OCH3 is 1. The van der Waals surface area contributed by atoms with Gasteiger partial charge in [0.25, 0.3) is 0 Å². The van der Waals surface area contributed by atoms with Gasteiger partial charge in [-0.2, -0.15) is 0 Å². The summed E-state index contributed by atoms with van der Waals surface area (Å²) in [5.74, 6) is 1.27. The van der Waals surface area contributed by atoms with Crippen LogP contribution in [0.1, 0.15) is 6.92 Å². The summed E-state index contributed by atoms with van der Waals surface area (Å²) in [5.41, 5.74) is 2.83. The summed E-state index contributed by atoms with van der Waals surface area (Å²) >= 11 is 0. The molecule has 5 nitrogen and oxygen atoms in total. The van der Waals surface area contributed by atoms with Gasteiger partial charge in [0.05, 0.1) is 13.7 Å². The molecule has 0 aromatic heterocycles. The largest absolute Gasteiger partial charge is 0.513 e. The molecule has 3 rings (SSSR count). The lowest BCUT2D eigenvalue weighted by Crippen LogP contribution is -2.28. The Hall–Kier alpha value is -3.47. The van der Waals surface area contributed by atoms with Crippen LogP contribution in [0, 0.1) is 0 Å². The minimum Gasteiger partial charge on any atom is -0.497 e. The molecule has 0 radical (unpaired) electrons. The second-order valence-electron chi connectivity index (χ2n) is 6.34. The summed E-state index contributed by atoms with van der Waals surface area (Å²) in [6.07, 6.45) is -0.713. The molecule has 0 unspecified atom stereocenters. The van der Waals surface area contributed by atoms with E-state index in [2.05, 4.69) is 4.90 Å². The molecule has 0 spiro atoms. The van der Waals surface area contributed by atoms with E-state index in [0.29, 0.717) is 12.3 Å². The Kier molecular flexibility index (Phi) is 7.11. The summed E-state index contributed by atoms with van der Waals surface area (Å²) in [6.45, 7) is 3.60. The first kappa shape index (κ1) is 20.3. The standard InChI is InChI=1S/C24H25NO4/c1-3-25(20-12-9-13-21(18-20)27-2)16-17-28-24(26)29-23-15-8-7-14-22(23)19-10-5-4-6-11-19/h4-15,18H,3,16-17H2,1-2H3. The van der Waals surface area contributed by atoms with Gasteiger partial charge < -0.3 is 19.1 Å². The van der Waals surface area contributed by atoms with E-state index in [9.17, 15) is 4.79 Å². The molecule has 0 heterocycles. The van der Waals surface area contributed by atoms with Crippen molar-refractivity contribution in [1.29, 1.82) is 0 Å². The summed E-state index contributed by atoms with van der Waals surface area (Å²) in [5, 5.41) is 0. The number of hydrogen-bond acceptors (Lipinski definition) is 5. The van der Waals surface area contributed by atoms with Gasteiger partial charge in [0.1, 0.15) is 18.1 Å². The lowest BCUT2D eigenvalue weighted by atomic mass is 10.1. The number of para-hydroxylation sites is 1. The predicted molar refractivity (Wildman–Crippen MR) is 115 cm³/mol. The van der Waals surface area contributed by atoms with Gasteiger partial charge in [0, 0.05) is 23.9 Å². The van der Waals surface area contributed by atoms with E-state index in [1.165, 1.54) is 0 Å². The van der Waals surface area contributed by atoms with E-state index in [0.717, 1.165) is 29.1 Å². The third kappa shape index (κ3) is 5.51. The van der Waals surface area contributed by atoms with Gasteiger partial charge in [-0.1, -0.05) is 54.6 Å². The average Bonchev–Trinajstić information content (AvgIpc) is 2.78. The molecule has 0 fully saturated rings. The lowest BCUT2D eigenvalue weighted by molar-refractivity contribution is 0.102. The molecule has 150 valence electrons. The van der Waals surface area contributed by atoms with E-state index in [1.54, 1.807) is 13.2 Å². The highest BCUT2D eigenvalue weighted by molar-refractivity contribution is 5.74. The van der Waals surface area contributed by atoms with Crippen molar-refractivity contribution < 1.29 is 19.0 Å². The zero-order chi connectivity index (χ0) is 20.5. The number of hydrogen-bond donors (Lipinski definition) is 0. The number of nitrogens with zero attached hydrogens (tertiary/aromatic N) is 1. The first-order valence-electron chi connectivity index (χ1n) is 9.59. The van der Waals surface area contributed by atoms with Gasteiger partial charge in [0.2, 0.25) is 0 Å². The molecule has 0 saturated heterocycles. The molecule has 0 aliphatic heterocycles. The van der Waals surface area contributed by atoms with Crippen LogP contribution >= 0.6 is 0 Å². The Labute approximate surface area is 171 Å². The number of carbonyl (C=O) groups excluding carboxylic acids is 1. The summed E-state index contributed by atoms with van der Waals surface area (Å²) in [7, 11) is 1.64. The molecule has 0 N–H and O–H groups in total. The SMILES string of the molecule is CCN(CCOC(=O)Oc1ccccc1-c1ccccc1)c1cccc(OC)c1. The van der Waals surface area contributed by atoms with Crippen molar-refractivity contribution in [3.63, 3.8) is 0 Å². The fraction of sp³-hybridized carbons (Fsp3) is 0.208. The van der Waals surface area contributed by atoms with E-state index < -0.39 is 6.16 Å². The normalized spacial score (nSPS) is 10.3. The highest BCUT2D eigenvalue weighted by Gasteiger charge is 2.12. The number of anilines is 1. The zero-order valence-corrected chi connectivity index (χ0v) is 16.7. The van der Waals surface area contributed by atoms with E-state index in [-0.39, 0.29) is 6.61 Å². The third-order valence-corrected chi connectivity index (χ3v) is 4.55. The van der Waals surface area contributed by atoms with Gasteiger partial charge >= 0.3 is 6.16 Å². The van der Waals surface area contributed by atoms with Crippen LogP contribution in [-0.2, 0) is 4.74 Å². The molecule has 0 aliphatic carbocycles. The molecule has 0 bridgehead atoms. The fourth-order valence-electron chi connectivity index (χ4n) is 3.05. The van der Waals surface area contributed by atoms with Crippen molar-refractivity contribution in [1.82, 2.24) is 0 Å². The Morgan fingerprint density at radius 2 is 1.69 bits per heavy atom. The highest BCUT2D eigenvalue weighted by Crippen LogP contribution is 2.29. The van der Waals surface area contributed by atoms with Gasteiger partial charge in [0.15, 0.2) is 0 Å². The first-order chi connectivity index (χ1) is 14.2. The van der Waals surface area contributed by atoms with Gasteiger partial charge in [-0.05, 0) is 30.7 Å². The molecule has 5 heteroatoms. The number of ether oxygens (including phenoxy) is 3. The van der Waals surface area contributed by atoms with Crippen LogP contribution in [0.4, 0.5) is 10.5 Å². The summed E-state index contributed by atoms with van der Waals surface area (Å²) < 4.78 is 16.0. The van der Waals surface area contributed by atoms with Crippen LogP contribution in [0.15, 0.2) is 78.9 Å². The minimum atomic E-state index is -0.713. The van der Waals surface area contributed by atoms with Crippen molar-refractivity contribution in [2.45, 2.75) is 6.92 Å².